The second-order valence-electron chi connectivity index (χ2n) is 6.15. The van der Waals surface area contributed by atoms with Gasteiger partial charge in [-0.1, -0.05) is 18.5 Å². The van der Waals surface area contributed by atoms with Crippen molar-refractivity contribution in [1.29, 1.82) is 5.26 Å². The molecule has 1 aliphatic heterocycles. The van der Waals surface area contributed by atoms with Crippen LogP contribution in [0.3, 0.4) is 0 Å². The molecule has 0 aromatic carbocycles. The fraction of sp³-hybridized carbons (Fsp3) is 0.562. The smallest absolute Gasteiger partial charge is 0.253 e. The molecule has 7 nitrogen and oxygen atoms in total. The summed E-state index contributed by atoms with van der Waals surface area (Å²) in [4.78, 5) is 3.74. The lowest BCUT2D eigenvalue weighted by Crippen LogP contribution is -2.22. The molecule has 0 spiro atoms. The number of nitriles is 1. The second-order valence-corrected chi connectivity index (χ2v) is 6.53. The zero-order chi connectivity index (χ0) is 19.5. The van der Waals surface area contributed by atoms with E-state index < -0.39 is 11.8 Å². The standard InChI is InChI=1S/C11H10ClF2N5.C5H10O2/c1-5(11(2,13)14)9-6(3-15)8(12)7-4-17-10(16)18-19(7)9;6-5-2-1-3-7-4-5/h4-5H,1-2H3,(H2,16,18);5-6H,1-4H2. The summed E-state index contributed by atoms with van der Waals surface area (Å²) in [5.74, 6) is -4.35. The highest BCUT2D eigenvalue weighted by molar-refractivity contribution is 6.35. The largest absolute Gasteiger partial charge is 0.391 e. The van der Waals surface area contributed by atoms with Crippen molar-refractivity contribution >= 4 is 23.1 Å². The summed E-state index contributed by atoms with van der Waals surface area (Å²) in [6.45, 7) is 3.45. The minimum atomic E-state index is -3.02. The number of aliphatic hydroxyl groups is 1. The molecule has 3 rings (SSSR count). The summed E-state index contributed by atoms with van der Waals surface area (Å²) in [7, 11) is 0. The van der Waals surface area contributed by atoms with Gasteiger partial charge < -0.3 is 15.6 Å². The highest BCUT2D eigenvalue weighted by Crippen LogP contribution is 2.38. The van der Waals surface area contributed by atoms with Crippen molar-refractivity contribution in [3.8, 4) is 6.07 Å². The van der Waals surface area contributed by atoms with Gasteiger partial charge in [-0.25, -0.2) is 18.3 Å². The molecule has 2 aromatic rings. The van der Waals surface area contributed by atoms with E-state index in [1.807, 2.05) is 6.07 Å². The predicted octanol–water partition coefficient (Wildman–Crippen LogP) is 2.75. The number of aromatic nitrogens is 3. The lowest BCUT2D eigenvalue weighted by atomic mass is 9.98. The quantitative estimate of drug-likeness (QED) is 0.819. The molecule has 2 atom stereocenters. The van der Waals surface area contributed by atoms with Crippen LogP contribution in [0.2, 0.25) is 5.02 Å². The van der Waals surface area contributed by atoms with Gasteiger partial charge in [0.15, 0.2) is 0 Å². The van der Waals surface area contributed by atoms with Crippen LogP contribution < -0.4 is 5.73 Å². The molecule has 0 amide bonds. The number of fused-ring (bicyclic) bond motifs is 1. The van der Waals surface area contributed by atoms with Crippen molar-refractivity contribution in [3.63, 3.8) is 0 Å². The molecular weight excluding hydrogens is 368 g/mol. The third kappa shape index (κ3) is 4.38. The number of alkyl halides is 2. The molecule has 0 saturated carbocycles. The Morgan fingerprint density at radius 3 is 2.73 bits per heavy atom. The number of anilines is 1. The monoisotopic (exact) mass is 387 g/mol. The van der Waals surface area contributed by atoms with Gasteiger partial charge in [-0.15, -0.1) is 5.10 Å². The molecule has 26 heavy (non-hydrogen) atoms. The lowest BCUT2D eigenvalue weighted by Gasteiger charge is -2.19. The lowest BCUT2D eigenvalue weighted by molar-refractivity contribution is -0.00536. The van der Waals surface area contributed by atoms with Crippen molar-refractivity contribution in [3.05, 3.63) is 22.5 Å². The van der Waals surface area contributed by atoms with E-state index in [1.54, 1.807) is 0 Å². The highest BCUT2D eigenvalue weighted by Gasteiger charge is 2.37. The molecule has 0 aliphatic carbocycles. The van der Waals surface area contributed by atoms with E-state index in [9.17, 15) is 8.78 Å². The second kappa shape index (κ2) is 8.12. The Hall–Kier alpha value is -2.02. The Morgan fingerprint density at radius 2 is 2.27 bits per heavy atom. The summed E-state index contributed by atoms with van der Waals surface area (Å²) in [5, 5.41) is 21.8. The van der Waals surface area contributed by atoms with E-state index in [1.165, 1.54) is 13.1 Å². The molecule has 2 unspecified atom stereocenters. The Morgan fingerprint density at radius 1 is 1.58 bits per heavy atom. The van der Waals surface area contributed by atoms with Crippen LogP contribution in [0.4, 0.5) is 14.7 Å². The van der Waals surface area contributed by atoms with E-state index in [2.05, 4.69) is 10.1 Å². The maximum atomic E-state index is 13.5. The van der Waals surface area contributed by atoms with Crippen LogP contribution in [0.1, 0.15) is 43.9 Å². The van der Waals surface area contributed by atoms with Crippen molar-refractivity contribution in [2.75, 3.05) is 18.9 Å². The van der Waals surface area contributed by atoms with Crippen LogP contribution in [-0.4, -0.2) is 44.9 Å². The van der Waals surface area contributed by atoms with Crippen LogP contribution in [0.5, 0.6) is 0 Å². The number of nitrogens with two attached hydrogens (primary N) is 1. The molecule has 0 bridgehead atoms. The molecule has 10 heteroatoms. The van der Waals surface area contributed by atoms with Crippen molar-refractivity contribution in [2.24, 2.45) is 0 Å². The van der Waals surface area contributed by atoms with Crippen molar-refractivity contribution in [1.82, 2.24) is 14.6 Å². The van der Waals surface area contributed by atoms with Crippen LogP contribution in [0.15, 0.2) is 6.20 Å². The van der Waals surface area contributed by atoms with E-state index in [0.29, 0.717) is 6.61 Å². The Balaban J connectivity index is 0.000000290. The van der Waals surface area contributed by atoms with Crippen molar-refractivity contribution in [2.45, 2.75) is 44.6 Å². The van der Waals surface area contributed by atoms with Crippen LogP contribution in [0, 0.1) is 11.3 Å². The third-order valence-electron chi connectivity index (χ3n) is 4.10. The summed E-state index contributed by atoms with van der Waals surface area (Å²) in [5.41, 5.74) is 5.72. The summed E-state index contributed by atoms with van der Waals surface area (Å²) in [6.07, 6.45) is 3.05. The number of ether oxygens (including phenoxy) is 1. The topological polar surface area (TPSA) is 109 Å². The number of halogens is 3. The van der Waals surface area contributed by atoms with E-state index in [-0.39, 0.29) is 33.8 Å². The van der Waals surface area contributed by atoms with Crippen molar-refractivity contribution < 1.29 is 18.6 Å². The molecule has 1 saturated heterocycles. The molecule has 1 aliphatic rings. The SMILES string of the molecule is CC(c1c(C#N)c(Cl)c2cnc(N)nn12)C(C)(F)F.OC1CCCOC1. The molecule has 2 aromatic heterocycles. The molecule has 3 heterocycles. The van der Waals surface area contributed by atoms with Gasteiger partial charge in [0.1, 0.15) is 11.6 Å². The van der Waals surface area contributed by atoms with E-state index in [4.69, 9.17) is 32.4 Å². The molecule has 0 radical (unpaired) electrons. The molecule has 1 fully saturated rings. The molecular formula is C16H20ClF2N5O2. The Kier molecular flexibility index (Phi) is 6.34. The number of rotatable bonds is 2. The van der Waals surface area contributed by atoms with Crippen LogP contribution in [0.25, 0.3) is 5.52 Å². The van der Waals surface area contributed by atoms with Gasteiger partial charge in [0.25, 0.3) is 5.92 Å². The van der Waals surface area contributed by atoms with Gasteiger partial charge in [-0.05, 0) is 12.8 Å². The zero-order valence-corrected chi connectivity index (χ0v) is 15.2. The summed E-state index contributed by atoms with van der Waals surface area (Å²) >= 11 is 6.00. The predicted molar refractivity (Wildman–Crippen MR) is 92.2 cm³/mol. The fourth-order valence-electron chi connectivity index (χ4n) is 2.51. The van der Waals surface area contributed by atoms with Gasteiger partial charge >= 0.3 is 0 Å². The normalized spacial score (nSPS) is 18.7. The zero-order valence-electron chi connectivity index (χ0n) is 14.4. The van der Waals surface area contributed by atoms with Gasteiger partial charge in [-0.3, -0.25) is 0 Å². The summed E-state index contributed by atoms with van der Waals surface area (Å²) < 4.78 is 33.1. The van der Waals surface area contributed by atoms with Gasteiger partial charge in [0.2, 0.25) is 5.95 Å². The minimum Gasteiger partial charge on any atom is -0.391 e. The maximum Gasteiger partial charge on any atom is 0.253 e. The summed E-state index contributed by atoms with van der Waals surface area (Å²) in [6, 6.07) is 1.83. The first-order valence-electron chi connectivity index (χ1n) is 8.03. The van der Waals surface area contributed by atoms with Gasteiger partial charge in [0, 0.05) is 13.5 Å². The minimum absolute atomic E-state index is 0.0316. The average Bonchev–Trinajstić information content (AvgIpc) is 2.85. The van der Waals surface area contributed by atoms with Crippen LogP contribution in [-0.2, 0) is 4.74 Å². The number of aliphatic hydroxyl groups excluding tert-OH is 1. The maximum absolute atomic E-state index is 13.5. The fourth-order valence-corrected chi connectivity index (χ4v) is 2.78. The molecule has 3 N–H and O–H groups in total. The molecule has 142 valence electrons. The highest BCUT2D eigenvalue weighted by atomic mass is 35.5. The first kappa shape index (κ1) is 20.3. The number of nitrogen functional groups attached to an aromatic ring is 1. The first-order valence-corrected chi connectivity index (χ1v) is 8.41. The Bertz CT molecular complexity index is 810. The van der Waals surface area contributed by atoms with Crippen LogP contribution >= 0.6 is 11.6 Å². The third-order valence-corrected chi connectivity index (χ3v) is 4.48. The average molecular weight is 388 g/mol. The first-order chi connectivity index (χ1) is 12.2. The van der Waals surface area contributed by atoms with E-state index >= 15 is 0 Å². The van der Waals surface area contributed by atoms with E-state index in [0.717, 1.165) is 30.9 Å². The van der Waals surface area contributed by atoms with Gasteiger partial charge in [-0.2, -0.15) is 5.26 Å². The Labute approximate surface area is 154 Å². The number of hydrogen-bond donors (Lipinski definition) is 2. The number of nitrogens with zero attached hydrogens (tertiary/aromatic N) is 4. The number of hydrogen-bond acceptors (Lipinski definition) is 6. The van der Waals surface area contributed by atoms with Gasteiger partial charge in [0.05, 0.1) is 41.1 Å².